The molecule has 2 aromatic rings. The van der Waals surface area contributed by atoms with Crippen LogP contribution >= 0.6 is 0 Å². The highest BCUT2D eigenvalue weighted by Crippen LogP contribution is 2.18. The maximum absolute atomic E-state index is 5.71. The zero-order chi connectivity index (χ0) is 12.3. The molecule has 5 heteroatoms. The summed E-state index contributed by atoms with van der Waals surface area (Å²) in [5.74, 6) is 1.60. The number of nitrogens with two attached hydrogens (primary N) is 1. The second-order valence-corrected chi connectivity index (χ2v) is 3.91. The quantitative estimate of drug-likeness (QED) is 0.786. The molecule has 88 valence electrons. The maximum atomic E-state index is 5.71. The van der Waals surface area contributed by atoms with Crippen LogP contribution in [0.3, 0.4) is 0 Å². The Morgan fingerprint density at radius 2 is 2.00 bits per heavy atom. The minimum atomic E-state index is 0.719. The van der Waals surface area contributed by atoms with Gasteiger partial charge in [0.2, 0.25) is 0 Å². The fraction of sp³-hybridized carbons (Fsp3) is 0.167. The molecule has 1 aromatic carbocycles. The Hall–Kier alpha value is -2.30. The zero-order valence-electron chi connectivity index (χ0n) is 9.88. The Bertz CT molecular complexity index is 510. The summed E-state index contributed by atoms with van der Waals surface area (Å²) in [7, 11) is 3.87. The molecule has 0 bridgehead atoms. The second-order valence-electron chi connectivity index (χ2n) is 3.91. The Morgan fingerprint density at radius 1 is 1.18 bits per heavy atom. The molecule has 0 spiro atoms. The van der Waals surface area contributed by atoms with Gasteiger partial charge in [0.05, 0.1) is 0 Å². The average Bonchev–Trinajstić information content (AvgIpc) is 2.29. The number of anilines is 4. The van der Waals surface area contributed by atoms with Crippen LogP contribution in [-0.4, -0.2) is 24.1 Å². The molecule has 0 amide bonds. The number of nitrogens with zero attached hydrogens (tertiary/aromatic N) is 3. The van der Waals surface area contributed by atoms with Crippen molar-refractivity contribution in [3.63, 3.8) is 0 Å². The number of nitrogens with one attached hydrogen (secondary N) is 1. The van der Waals surface area contributed by atoms with Crippen molar-refractivity contribution in [2.75, 3.05) is 30.0 Å². The highest BCUT2D eigenvalue weighted by molar-refractivity contribution is 5.62. The predicted molar refractivity (Wildman–Crippen MR) is 70.5 cm³/mol. The highest BCUT2D eigenvalue weighted by atomic mass is 15.2. The molecule has 0 radical (unpaired) electrons. The van der Waals surface area contributed by atoms with Gasteiger partial charge in [0, 0.05) is 31.5 Å². The van der Waals surface area contributed by atoms with Crippen molar-refractivity contribution in [1.29, 1.82) is 0 Å². The van der Waals surface area contributed by atoms with Crippen molar-refractivity contribution < 1.29 is 0 Å². The van der Waals surface area contributed by atoms with Crippen molar-refractivity contribution in [3.05, 3.63) is 36.7 Å². The third-order valence-electron chi connectivity index (χ3n) is 2.27. The number of benzene rings is 1. The monoisotopic (exact) mass is 229 g/mol. The van der Waals surface area contributed by atoms with Crippen LogP contribution in [-0.2, 0) is 0 Å². The molecule has 0 aliphatic carbocycles. The van der Waals surface area contributed by atoms with Gasteiger partial charge in [-0.3, -0.25) is 0 Å². The summed E-state index contributed by atoms with van der Waals surface area (Å²) >= 11 is 0. The number of hydrogen-bond acceptors (Lipinski definition) is 5. The zero-order valence-corrected chi connectivity index (χ0v) is 9.88. The molecule has 17 heavy (non-hydrogen) atoms. The van der Waals surface area contributed by atoms with E-state index in [9.17, 15) is 0 Å². The Kier molecular flexibility index (Phi) is 3.09. The van der Waals surface area contributed by atoms with Gasteiger partial charge in [-0.05, 0) is 18.2 Å². The van der Waals surface area contributed by atoms with Crippen LogP contribution in [0.2, 0.25) is 0 Å². The van der Waals surface area contributed by atoms with Gasteiger partial charge in [-0.15, -0.1) is 0 Å². The lowest BCUT2D eigenvalue weighted by molar-refractivity contribution is 1.04. The van der Waals surface area contributed by atoms with Gasteiger partial charge in [0.15, 0.2) is 0 Å². The second kappa shape index (κ2) is 4.69. The summed E-state index contributed by atoms with van der Waals surface area (Å²) in [4.78, 5) is 10.2. The molecule has 0 unspecified atom stereocenters. The van der Waals surface area contributed by atoms with E-state index in [1.807, 2.05) is 49.3 Å². The predicted octanol–water partition coefficient (Wildman–Crippen LogP) is 1.87. The van der Waals surface area contributed by atoms with Gasteiger partial charge in [-0.25, -0.2) is 9.97 Å². The number of rotatable bonds is 3. The first kappa shape index (κ1) is 11.2. The summed E-state index contributed by atoms with van der Waals surface area (Å²) in [5, 5.41) is 3.18. The van der Waals surface area contributed by atoms with E-state index in [1.165, 1.54) is 6.33 Å². The molecule has 5 nitrogen and oxygen atoms in total. The fourth-order valence-electron chi connectivity index (χ4n) is 1.42. The van der Waals surface area contributed by atoms with Crippen LogP contribution in [0.25, 0.3) is 0 Å². The summed E-state index contributed by atoms with van der Waals surface area (Å²) < 4.78 is 0. The Labute approximate surface area is 100 Å². The minimum absolute atomic E-state index is 0.719. The lowest BCUT2D eigenvalue weighted by Crippen LogP contribution is -2.11. The largest absolute Gasteiger partial charge is 0.399 e. The van der Waals surface area contributed by atoms with Gasteiger partial charge >= 0.3 is 0 Å². The lowest BCUT2D eigenvalue weighted by Gasteiger charge is -2.12. The average molecular weight is 229 g/mol. The molecule has 0 saturated carbocycles. The van der Waals surface area contributed by atoms with E-state index in [0.717, 1.165) is 23.0 Å². The Morgan fingerprint density at radius 3 is 2.71 bits per heavy atom. The summed E-state index contributed by atoms with van der Waals surface area (Å²) in [5.41, 5.74) is 7.34. The SMILES string of the molecule is CN(C)c1cc(Nc2cccc(N)c2)ncn1. The van der Waals surface area contributed by atoms with E-state index in [4.69, 9.17) is 5.73 Å². The molecule has 0 aliphatic heterocycles. The normalized spacial score (nSPS) is 10.0. The number of nitrogen functional groups attached to an aromatic ring is 1. The number of aromatic nitrogens is 2. The molecule has 1 heterocycles. The molecule has 0 aliphatic rings. The van der Waals surface area contributed by atoms with Crippen LogP contribution in [0.4, 0.5) is 23.0 Å². The third-order valence-corrected chi connectivity index (χ3v) is 2.27. The van der Waals surface area contributed by atoms with Crippen LogP contribution < -0.4 is 16.0 Å². The summed E-state index contributed by atoms with van der Waals surface area (Å²) in [6, 6.07) is 9.41. The van der Waals surface area contributed by atoms with E-state index in [2.05, 4.69) is 15.3 Å². The summed E-state index contributed by atoms with van der Waals surface area (Å²) in [6.07, 6.45) is 1.53. The lowest BCUT2D eigenvalue weighted by atomic mass is 10.3. The first-order valence-electron chi connectivity index (χ1n) is 5.27. The van der Waals surface area contributed by atoms with Gasteiger partial charge in [-0.2, -0.15) is 0 Å². The third kappa shape index (κ3) is 2.84. The summed E-state index contributed by atoms with van der Waals surface area (Å²) in [6.45, 7) is 0. The van der Waals surface area contributed by atoms with Gasteiger partial charge in [-0.1, -0.05) is 6.07 Å². The molecule has 1 aromatic heterocycles. The molecule has 2 rings (SSSR count). The van der Waals surface area contributed by atoms with Crippen molar-refractivity contribution >= 4 is 23.0 Å². The minimum Gasteiger partial charge on any atom is -0.399 e. The molecule has 0 fully saturated rings. The van der Waals surface area contributed by atoms with E-state index in [1.54, 1.807) is 0 Å². The van der Waals surface area contributed by atoms with Crippen LogP contribution in [0.15, 0.2) is 36.7 Å². The van der Waals surface area contributed by atoms with E-state index < -0.39 is 0 Å². The standard InChI is InChI=1S/C12H15N5/c1-17(2)12-7-11(14-8-15-12)16-10-5-3-4-9(13)6-10/h3-8H,13H2,1-2H3,(H,14,15,16). The van der Waals surface area contributed by atoms with Crippen LogP contribution in [0.1, 0.15) is 0 Å². The van der Waals surface area contributed by atoms with Gasteiger partial charge < -0.3 is 16.0 Å². The molecule has 3 N–H and O–H groups in total. The maximum Gasteiger partial charge on any atom is 0.135 e. The fourth-order valence-corrected chi connectivity index (χ4v) is 1.42. The van der Waals surface area contributed by atoms with E-state index >= 15 is 0 Å². The van der Waals surface area contributed by atoms with E-state index in [-0.39, 0.29) is 0 Å². The number of hydrogen-bond donors (Lipinski definition) is 2. The first-order valence-corrected chi connectivity index (χ1v) is 5.27. The highest BCUT2D eigenvalue weighted by Gasteiger charge is 2.01. The van der Waals surface area contributed by atoms with E-state index in [0.29, 0.717) is 0 Å². The van der Waals surface area contributed by atoms with Crippen molar-refractivity contribution in [2.45, 2.75) is 0 Å². The van der Waals surface area contributed by atoms with Gasteiger partial charge in [0.1, 0.15) is 18.0 Å². The molecule has 0 saturated heterocycles. The topological polar surface area (TPSA) is 67.1 Å². The smallest absolute Gasteiger partial charge is 0.135 e. The van der Waals surface area contributed by atoms with Crippen molar-refractivity contribution in [1.82, 2.24) is 9.97 Å². The molecule has 0 atom stereocenters. The Balaban J connectivity index is 2.21. The van der Waals surface area contributed by atoms with Crippen LogP contribution in [0, 0.1) is 0 Å². The molecular formula is C12H15N5. The van der Waals surface area contributed by atoms with Crippen LogP contribution in [0.5, 0.6) is 0 Å². The van der Waals surface area contributed by atoms with Crippen molar-refractivity contribution in [3.8, 4) is 0 Å². The molecular weight excluding hydrogens is 214 g/mol. The van der Waals surface area contributed by atoms with Gasteiger partial charge in [0.25, 0.3) is 0 Å². The first-order chi connectivity index (χ1) is 8.15. The van der Waals surface area contributed by atoms with Crippen molar-refractivity contribution in [2.24, 2.45) is 0 Å².